The molecule has 0 aliphatic rings. The number of azo groups is 2. The van der Waals surface area contributed by atoms with Crippen LogP contribution in [0.25, 0.3) is 32.7 Å². The summed E-state index contributed by atoms with van der Waals surface area (Å²) < 4.78 is 68.3. The highest BCUT2D eigenvalue weighted by atomic mass is 32.2. The Bertz CT molecular complexity index is 2390. The maximum atomic E-state index is 12.1. The first-order valence-corrected chi connectivity index (χ1v) is 17.2. The number of nitrogens with two attached hydrogens (primary N) is 2. The topological polar surface area (TPSA) is 210 Å². The minimum atomic E-state index is -4.64. The lowest BCUT2D eigenvalue weighted by atomic mass is 9.96. The Morgan fingerprint density at radius 2 is 0.896 bits per heavy atom. The number of fused-ring (bicyclic) bond motifs is 2. The zero-order chi connectivity index (χ0) is 34.4. The fourth-order valence-corrected chi connectivity index (χ4v) is 6.86. The van der Waals surface area contributed by atoms with Crippen LogP contribution in [-0.4, -0.2) is 25.9 Å². The van der Waals surface area contributed by atoms with Gasteiger partial charge >= 0.3 is 0 Å². The molecule has 0 saturated heterocycles. The molecular weight excluding hydrogens is 653 g/mol. The van der Waals surface area contributed by atoms with Gasteiger partial charge in [-0.05, 0) is 83.3 Å². The largest absolute Gasteiger partial charge is 0.396 e. The molecule has 12 nitrogen and oxygen atoms in total. The predicted molar refractivity (Wildman–Crippen MR) is 186 cm³/mol. The molecule has 0 bridgehead atoms. The van der Waals surface area contributed by atoms with Crippen LogP contribution >= 0.6 is 0 Å². The van der Waals surface area contributed by atoms with Crippen LogP contribution in [0.4, 0.5) is 34.1 Å². The Morgan fingerprint density at radius 3 is 1.25 bits per heavy atom. The van der Waals surface area contributed by atoms with E-state index >= 15 is 0 Å². The van der Waals surface area contributed by atoms with Crippen molar-refractivity contribution < 1.29 is 25.9 Å². The third-order valence-corrected chi connectivity index (χ3v) is 9.58. The Kier molecular flexibility index (Phi) is 8.26. The first-order valence-electron chi connectivity index (χ1n) is 14.3. The number of nitrogens with zero attached hydrogens (tertiary/aromatic N) is 4. The number of benzene rings is 6. The van der Waals surface area contributed by atoms with Gasteiger partial charge in [0, 0.05) is 10.8 Å². The average molecular weight is 681 g/mol. The van der Waals surface area contributed by atoms with Crippen molar-refractivity contribution in [2.24, 2.45) is 20.5 Å². The molecule has 0 radical (unpaired) electrons. The molecule has 0 aromatic heterocycles. The van der Waals surface area contributed by atoms with Gasteiger partial charge in [0.25, 0.3) is 20.2 Å². The van der Waals surface area contributed by atoms with Gasteiger partial charge < -0.3 is 11.5 Å². The van der Waals surface area contributed by atoms with Crippen LogP contribution in [-0.2, 0) is 20.2 Å². The van der Waals surface area contributed by atoms with Crippen molar-refractivity contribution >= 4 is 75.9 Å². The molecule has 0 aliphatic carbocycles. The third kappa shape index (κ3) is 6.24. The lowest BCUT2D eigenvalue weighted by Gasteiger charge is -2.12. The van der Waals surface area contributed by atoms with E-state index < -0.39 is 30.0 Å². The summed E-state index contributed by atoms with van der Waals surface area (Å²) in [5, 5.41) is 18.9. The summed E-state index contributed by atoms with van der Waals surface area (Å²) in [4.78, 5) is -0.887. The lowest BCUT2D eigenvalue weighted by Crippen LogP contribution is -2.01. The molecule has 6 aromatic carbocycles. The number of aryl methyl sites for hydroxylation is 2. The Labute approximate surface area is 276 Å². The van der Waals surface area contributed by atoms with Crippen LogP contribution in [0.3, 0.4) is 0 Å². The van der Waals surface area contributed by atoms with Gasteiger partial charge in [0.05, 0.1) is 22.7 Å². The van der Waals surface area contributed by atoms with Gasteiger partial charge in [0.2, 0.25) is 0 Å². The smallest absolute Gasteiger partial charge is 0.296 e. The van der Waals surface area contributed by atoms with Gasteiger partial charge in [-0.2, -0.15) is 27.1 Å². The third-order valence-electron chi connectivity index (χ3n) is 7.85. The van der Waals surface area contributed by atoms with Crippen molar-refractivity contribution in [1.82, 2.24) is 0 Å². The highest BCUT2D eigenvalue weighted by Gasteiger charge is 2.22. The summed E-state index contributed by atoms with van der Waals surface area (Å²) >= 11 is 0. The standard InChI is InChI=1S/C34H28N6O6S2/c1-19-15-23(37-39-33-29(47(41,42)43)17-21-7-3-5-9-27(21)31(33)35)11-13-25(19)26-14-12-24(16-20(26)2)38-40-34-30(48(44,45)46)18-22-8-4-6-10-28(22)32(34)36/h3-18H,35-36H2,1-2H3,(H,41,42,43)(H,44,45,46)/b39-37+,40-38+. The molecule has 0 aliphatic heterocycles. The second-order valence-electron chi connectivity index (χ2n) is 11.1. The molecule has 0 amide bonds. The van der Waals surface area contributed by atoms with E-state index in [0.29, 0.717) is 32.9 Å². The van der Waals surface area contributed by atoms with Crippen LogP contribution < -0.4 is 11.5 Å². The van der Waals surface area contributed by atoms with Crippen LogP contribution in [0.15, 0.2) is 127 Å². The first kappa shape index (κ1) is 32.4. The van der Waals surface area contributed by atoms with Crippen molar-refractivity contribution in [3.05, 3.63) is 108 Å². The van der Waals surface area contributed by atoms with Gasteiger partial charge in [-0.15, -0.1) is 10.2 Å². The Balaban J connectivity index is 1.31. The molecule has 6 aromatic rings. The monoisotopic (exact) mass is 680 g/mol. The number of hydrogen-bond donors (Lipinski definition) is 4. The van der Waals surface area contributed by atoms with E-state index in [9.17, 15) is 25.9 Å². The zero-order valence-corrected chi connectivity index (χ0v) is 27.2. The summed E-state index contributed by atoms with van der Waals surface area (Å²) in [5.41, 5.74) is 16.6. The number of anilines is 2. The molecule has 14 heteroatoms. The van der Waals surface area contributed by atoms with E-state index in [4.69, 9.17) is 11.5 Å². The maximum Gasteiger partial charge on any atom is 0.296 e. The SMILES string of the molecule is Cc1cc(/N=N/c2c(S(=O)(=O)O)cc3ccccc3c2N)ccc1-c1ccc(/N=N/c2c(S(=O)(=O)O)cc3ccccc3c2N)cc1C. The Hall–Kier alpha value is -5.54. The molecule has 0 fully saturated rings. The number of nitrogen functional groups attached to an aromatic ring is 2. The second kappa shape index (κ2) is 12.2. The molecular formula is C34H28N6O6S2. The van der Waals surface area contributed by atoms with Gasteiger partial charge in [0.15, 0.2) is 0 Å². The molecule has 0 spiro atoms. The summed E-state index contributed by atoms with van der Waals surface area (Å²) in [5.74, 6) is 0. The van der Waals surface area contributed by atoms with Crippen molar-refractivity contribution in [2.45, 2.75) is 23.6 Å². The fraction of sp³-hybridized carbons (Fsp3) is 0.0588. The molecule has 48 heavy (non-hydrogen) atoms. The summed E-state index contributed by atoms with van der Waals surface area (Å²) in [6, 6.07) is 27.0. The molecule has 6 N–H and O–H groups in total. The minimum Gasteiger partial charge on any atom is -0.396 e. The van der Waals surface area contributed by atoms with E-state index in [1.165, 1.54) is 12.1 Å². The molecule has 0 atom stereocenters. The second-order valence-corrected chi connectivity index (χ2v) is 13.8. The van der Waals surface area contributed by atoms with E-state index in [1.54, 1.807) is 72.8 Å². The average Bonchev–Trinajstić information content (AvgIpc) is 3.03. The molecule has 0 saturated carbocycles. The number of hydrogen-bond acceptors (Lipinski definition) is 10. The van der Waals surface area contributed by atoms with Crippen molar-refractivity contribution in [2.75, 3.05) is 11.5 Å². The first-order chi connectivity index (χ1) is 22.7. The fourth-order valence-electron chi connectivity index (χ4n) is 5.52. The predicted octanol–water partition coefficient (Wildman–Crippen LogP) is 8.77. The maximum absolute atomic E-state index is 12.1. The molecule has 0 heterocycles. The van der Waals surface area contributed by atoms with Crippen LogP contribution in [0.2, 0.25) is 0 Å². The number of rotatable bonds is 7. The van der Waals surface area contributed by atoms with Crippen LogP contribution in [0, 0.1) is 13.8 Å². The summed E-state index contributed by atoms with van der Waals surface area (Å²) in [6.45, 7) is 3.77. The molecule has 6 rings (SSSR count). The summed E-state index contributed by atoms with van der Waals surface area (Å²) in [6.07, 6.45) is 0. The van der Waals surface area contributed by atoms with Gasteiger partial charge in [-0.1, -0.05) is 60.7 Å². The Morgan fingerprint density at radius 1 is 0.521 bits per heavy atom. The summed E-state index contributed by atoms with van der Waals surface area (Å²) in [7, 11) is -9.29. The van der Waals surface area contributed by atoms with Gasteiger partial charge in [-0.25, -0.2) is 0 Å². The normalized spacial score (nSPS) is 12.5. The highest BCUT2D eigenvalue weighted by Crippen LogP contribution is 2.40. The van der Waals surface area contributed by atoms with Crippen molar-refractivity contribution in [1.29, 1.82) is 0 Å². The highest BCUT2D eigenvalue weighted by molar-refractivity contribution is 7.86. The van der Waals surface area contributed by atoms with E-state index in [0.717, 1.165) is 22.3 Å². The van der Waals surface area contributed by atoms with Crippen molar-refractivity contribution in [3.8, 4) is 11.1 Å². The lowest BCUT2D eigenvalue weighted by molar-refractivity contribution is 0.481. The minimum absolute atomic E-state index is 0.0724. The van der Waals surface area contributed by atoms with Crippen LogP contribution in [0.1, 0.15) is 11.1 Å². The quantitative estimate of drug-likeness (QED) is 0.0725. The molecule has 242 valence electrons. The van der Waals surface area contributed by atoms with Crippen LogP contribution in [0.5, 0.6) is 0 Å². The van der Waals surface area contributed by atoms with Gasteiger partial charge in [0.1, 0.15) is 21.2 Å². The molecule has 0 unspecified atom stereocenters. The van der Waals surface area contributed by atoms with E-state index in [1.807, 2.05) is 26.0 Å². The zero-order valence-electron chi connectivity index (χ0n) is 25.5. The van der Waals surface area contributed by atoms with Crippen molar-refractivity contribution in [3.63, 3.8) is 0 Å². The van der Waals surface area contributed by atoms with E-state index in [2.05, 4.69) is 20.5 Å². The van der Waals surface area contributed by atoms with Gasteiger partial charge in [-0.3, -0.25) is 9.11 Å². The van der Waals surface area contributed by atoms with E-state index in [-0.39, 0.29) is 22.7 Å².